The van der Waals surface area contributed by atoms with Crippen molar-refractivity contribution >= 4 is 11.9 Å². The Morgan fingerprint density at radius 3 is 2.38 bits per heavy atom. The zero-order chi connectivity index (χ0) is 16.0. The Hall–Kier alpha value is -1.31. The molecule has 3 amide bonds. The minimum Gasteiger partial charge on any atom is -0.338 e. The summed E-state index contributed by atoms with van der Waals surface area (Å²) in [7, 11) is 0. The Balaban J connectivity index is 2.59. The van der Waals surface area contributed by atoms with E-state index < -0.39 is 30.6 Å². The maximum Gasteiger partial charge on any atom is 0.390 e. The fourth-order valence-electron chi connectivity index (χ4n) is 2.24. The first-order valence-corrected chi connectivity index (χ1v) is 7.15. The highest BCUT2D eigenvalue weighted by atomic mass is 19.4. The molecule has 122 valence electrons. The summed E-state index contributed by atoms with van der Waals surface area (Å²) < 4.78 is 37.2. The minimum atomic E-state index is -4.25. The highest BCUT2D eigenvalue weighted by molar-refractivity contribution is 5.96. The lowest BCUT2D eigenvalue weighted by Gasteiger charge is -2.40. The second-order valence-corrected chi connectivity index (χ2v) is 5.21. The van der Waals surface area contributed by atoms with Crippen LogP contribution in [0.25, 0.3) is 0 Å². The maximum absolute atomic E-state index is 12.4. The van der Waals surface area contributed by atoms with E-state index in [1.54, 1.807) is 11.8 Å². The van der Waals surface area contributed by atoms with Gasteiger partial charge in [0.15, 0.2) is 0 Å². The van der Waals surface area contributed by atoms with Crippen LogP contribution in [0.5, 0.6) is 0 Å². The number of rotatable bonds is 6. The van der Waals surface area contributed by atoms with E-state index in [0.717, 1.165) is 19.3 Å². The van der Waals surface area contributed by atoms with Crippen LogP contribution in [0.2, 0.25) is 0 Å². The van der Waals surface area contributed by atoms with Crippen LogP contribution in [0.1, 0.15) is 39.5 Å². The zero-order valence-electron chi connectivity index (χ0n) is 12.3. The van der Waals surface area contributed by atoms with Crippen molar-refractivity contribution in [2.24, 2.45) is 0 Å². The van der Waals surface area contributed by atoms with Crippen molar-refractivity contribution in [2.75, 3.05) is 13.1 Å². The third-order valence-electron chi connectivity index (χ3n) is 3.65. The van der Waals surface area contributed by atoms with Crippen LogP contribution < -0.4 is 10.6 Å². The van der Waals surface area contributed by atoms with Crippen molar-refractivity contribution < 1.29 is 22.8 Å². The first kappa shape index (κ1) is 17.7. The van der Waals surface area contributed by atoms with Gasteiger partial charge in [-0.05, 0) is 26.7 Å². The van der Waals surface area contributed by atoms with Crippen molar-refractivity contribution in [2.45, 2.75) is 57.8 Å². The van der Waals surface area contributed by atoms with Crippen molar-refractivity contribution in [1.29, 1.82) is 0 Å². The summed E-state index contributed by atoms with van der Waals surface area (Å²) in [5.74, 6) is -0.574. The number of nitrogens with zero attached hydrogens (tertiary/aromatic N) is 1. The van der Waals surface area contributed by atoms with Crippen LogP contribution in [-0.4, -0.2) is 48.2 Å². The normalized spacial score (nSPS) is 17.2. The molecule has 0 aromatic carbocycles. The number of carbonyl (C=O) groups is 2. The second kappa shape index (κ2) is 7.63. The Labute approximate surface area is 122 Å². The number of halogens is 3. The highest BCUT2D eigenvalue weighted by Crippen LogP contribution is 2.29. The summed E-state index contributed by atoms with van der Waals surface area (Å²) in [5, 5.41) is 4.56. The van der Waals surface area contributed by atoms with Gasteiger partial charge in [0.2, 0.25) is 5.91 Å². The molecule has 1 atom stereocenters. The number of imide groups is 1. The number of alkyl halides is 3. The number of nitrogens with one attached hydrogen (secondary N) is 2. The summed E-state index contributed by atoms with van der Waals surface area (Å²) in [5.41, 5.74) is 0. The van der Waals surface area contributed by atoms with Gasteiger partial charge in [0.05, 0.1) is 12.5 Å². The molecule has 1 saturated carbocycles. The molecular formula is C13H22F3N3O2. The zero-order valence-corrected chi connectivity index (χ0v) is 12.3. The van der Waals surface area contributed by atoms with Crippen molar-refractivity contribution in [1.82, 2.24) is 15.5 Å². The summed E-state index contributed by atoms with van der Waals surface area (Å²) >= 11 is 0. The smallest absolute Gasteiger partial charge is 0.338 e. The molecule has 0 aromatic heterocycles. The molecule has 8 heteroatoms. The van der Waals surface area contributed by atoms with Gasteiger partial charge < -0.3 is 5.32 Å². The van der Waals surface area contributed by atoms with Crippen LogP contribution in [0, 0.1) is 0 Å². The largest absolute Gasteiger partial charge is 0.390 e. The molecule has 0 heterocycles. The van der Waals surface area contributed by atoms with Crippen LogP contribution in [0.4, 0.5) is 18.0 Å². The van der Waals surface area contributed by atoms with E-state index in [2.05, 4.69) is 10.6 Å². The van der Waals surface area contributed by atoms with Gasteiger partial charge in [0.1, 0.15) is 0 Å². The SMILES string of the molecule is CCNC(=O)NC(=O)C(C)N(CCC(F)(F)F)C1CCC1. The van der Waals surface area contributed by atoms with Crippen molar-refractivity contribution in [3.63, 3.8) is 0 Å². The first-order chi connectivity index (χ1) is 9.74. The van der Waals surface area contributed by atoms with Gasteiger partial charge in [0.25, 0.3) is 0 Å². The van der Waals surface area contributed by atoms with Gasteiger partial charge in [-0.15, -0.1) is 0 Å². The summed E-state index contributed by atoms with van der Waals surface area (Å²) in [6.07, 6.45) is -2.68. The van der Waals surface area contributed by atoms with Crippen molar-refractivity contribution in [3.05, 3.63) is 0 Å². The van der Waals surface area contributed by atoms with Gasteiger partial charge in [-0.2, -0.15) is 13.2 Å². The van der Waals surface area contributed by atoms with E-state index in [0.29, 0.717) is 6.54 Å². The molecule has 0 saturated heterocycles. The fourth-order valence-corrected chi connectivity index (χ4v) is 2.24. The third-order valence-corrected chi connectivity index (χ3v) is 3.65. The Kier molecular flexibility index (Phi) is 6.44. The third kappa shape index (κ3) is 5.91. The number of urea groups is 1. The molecule has 1 aliphatic rings. The summed E-state index contributed by atoms with van der Waals surface area (Å²) in [6.45, 7) is 3.38. The van der Waals surface area contributed by atoms with Gasteiger partial charge in [0, 0.05) is 19.1 Å². The number of carbonyl (C=O) groups excluding carboxylic acids is 2. The van der Waals surface area contributed by atoms with Gasteiger partial charge >= 0.3 is 12.2 Å². The Morgan fingerprint density at radius 1 is 1.33 bits per heavy atom. The van der Waals surface area contributed by atoms with Crippen LogP contribution >= 0.6 is 0 Å². The monoisotopic (exact) mass is 309 g/mol. The number of hydrogen-bond acceptors (Lipinski definition) is 3. The molecule has 0 bridgehead atoms. The van der Waals surface area contributed by atoms with Crippen LogP contribution in [0.15, 0.2) is 0 Å². The molecular weight excluding hydrogens is 287 g/mol. The molecule has 1 unspecified atom stereocenters. The van der Waals surface area contributed by atoms with Crippen molar-refractivity contribution in [3.8, 4) is 0 Å². The fraction of sp³-hybridized carbons (Fsp3) is 0.846. The van der Waals surface area contributed by atoms with Crippen LogP contribution in [-0.2, 0) is 4.79 Å². The quantitative estimate of drug-likeness (QED) is 0.789. The van der Waals surface area contributed by atoms with E-state index in [-0.39, 0.29) is 12.6 Å². The standard InChI is InChI=1S/C13H22F3N3O2/c1-3-17-12(21)18-11(20)9(2)19(10-5-4-6-10)8-7-13(14,15)16/h9-10H,3-8H2,1-2H3,(H2,17,18,20,21). The molecule has 2 N–H and O–H groups in total. The lowest BCUT2D eigenvalue weighted by Crippen LogP contribution is -2.54. The van der Waals surface area contributed by atoms with Gasteiger partial charge in [-0.3, -0.25) is 15.0 Å². The Morgan fingerprint density at radius 2 is 1.95 bits per heavy atom. The van der Waals surface area contributed by atoms with E-state index in [1.807, 2.05) is 0 Å². The predicted molar refractivity (Wildman–Crippen MR) is 71.7 cm³/mol. The predicted octanol–water partition coefficient (Wildman–Crippen LogP) is 2.03. The van der Waals surface area contributed by atoms with Crippen LogP contribution in [0.3, 0.4) is 0 Å². The summed E-state index contributed by atoms with van der Waals surface area (Å²) in [4.78, 5) is 24.8. The van der Waals surface area contributed by atoms with Gasteiger partial charge in [-0.25, -0.2) is 4.79 Å². The average Bonchev–Trinajstić information content (AvgIpc) is 2.30. The molecule has 0 spiro atoms. The molecule has 0 aliphatic heterocycles. The minimum absolute atomic E-state index is 0.0117. The molecule has 5 nitrogen and oxygen atoms in total. The van der Waals surface area contributed by atoms with E-state index >= 15 is 0 Å². The molecule has 1 aliphatic carbocycles. The topological polar surface area (TPSA) is 61.4 Å². The number of hydrogen-bond donors (Lipinski definition) is 2. The molecule has 0 aromatic rings. The highest BCUT2D eigenvalue weighted by Gasteiger charge is 2.35. The molecule has 1 rings (SSSR count). The van der Waals surface area contributed by atoms with E-state index in [1.165, 1.54) is 6.92 Å². The lowest BCUT2D eigenvalue weighted by atomic mass is 9.90. The van der Waals surface area contributed by atoms with Gasteiger partial charge in [-0.1, -0.05) is 6.42 Å². The summed E-state index contributed by atoms with van der Waals surface area (Å²) in [6, 6.07) is -1.40. The van der Waals surface area contributed by atoms with E-state index in [4.69, 9.17) is 0 Å². The van der Waals surface area contributed by atoms with E-state index in [9.17, 15) is 22.8 Å². The first-order valence-electron chi connectivity index (χ1n) is 7.15. The Bertz CT molecular complexity index is 370. The number of amides is 3. The lowest BCUT2D eigenvalue weighted by molar-refractivity contribution is -0.145. The second-order valence-electron chi connectivity index (χ2n) is 5.21. The average molecular weight is 309 g/mol. The molecule has 21 heavy (non-hydrogen) atoms. The molecule has 0 radical (unpaired) electrons. The maximum atomic E-state index is 12.4. The molecule has 1 fully saturated rings.